The Morgan fingerprint density at radius 2 is 2.16 bits per heavy atom. The van der Waals surface area contributed by atoms with Gasteiger partial charge in [-0.15, -0.1) is 0 Å². The van der Waals surface area contributed by atoms with Crippen LogP contribution in [0.25, 0.3) is 10.9 Å². The number of benzene rings is 1. The van der Waals surface area contributed by atoms with Crippen LogP contribution in [0, 0.1) is 0 Å². The summed E-state index contributed by atoms with van der Waals surface area (Å²) in [5, 5.41) is 1.19. The molecule has 1 aliphatic rings. The van der Waals surface area contributed by atoms with Gasteiger partial charge < -0.3 is 10.5 Å². The molecule has 0 bridgehead atoms. The largest absolute Gasteiger partial charge is 0.374 e. The molecule has 0 aliphatic carbocycles. The highest BCUT2D eigenvalue weighted by atomic mass is 16.5. The fourth-order valence-corrected chi connectivity index (χ4v) is 2.49. The van der Waals surface area contributed by atoms with Crippen LogP contribution >= 0.6 is 0 Å². The Bertz CT molecular complexity index is 558. The molecule has 1 fully saturated rings. The van der Waals surface area contributed by atoms with Crippen LogP contribution in [-0.4, -0.2) is 42.2 Å². The molecule has 3 rings (SSSR count). The van der Waals surface area contributed by atoms with Crippen molar-refractivity contribution in [1.29, 1.82) is 0 Å². The maximum absolute atomic E-state index is 5.67. The van der Waals surface area contributed by atoms with Gasteiger partial charge in [0.15, 0.2) is 0 Å². The third kappa shape index (κ3) is 2.92. The highest BCUT2D eigenvalue weighted by Gasteiger charge is 2.19. The predicted octanol–water partition coefficient (Wildman–Crippen LogP) is 1.39. The van der Waals surface area contributed by atoms with Gasteiger partial charge in [-0.2, -0.15) is 0 Å². The number of aromatic nitrogens is 1. The maximum atomic E-state index is 5.67. The number of hydrogen-bond donors (Lipinski definition) is 1. The smallest absolute Gasteiger partial charge is 0.0824 e. The lowest BCUT2D eigenvalue weighted by Gasteiger charge is -2.32. The summed E-state index contributed by atoms with van der Waals surface area (Å²) in [4.78, 5) is 7.07. The number of para-hydroxylation sites is 1. The monoisotopic (exact) mass is 257 g/mol. The summed E-state index contributed by atoms with van der Waals surface area (Å²) in [6, 6.07) is 12.5. The lowest BCUT2D eigenvalue weighted by Crippen LogP contribution is -2.45. The van der Waals surface area contributed by atoms with Gasteiger partial charge in [-0.1, -0.05) is 24.3 Å². The zero-order valence-corrected chi connectivity index (χ0v) is 11.0. The van der Waals surface area contributed by atoms with E-state index in [-0.39, 0.29) is 6.10 Å². The van der Waals surface area contributed by atoms with E-state index in [9.17, 15) is 0 Å². The average molecular weight is 257 g/mol. The van der Waals surface area contributed by atoms with Crippen LogP contribution in [0.4, 0.5) is 0 Å². The van der Waals surface area contributed by atoms with Crippen molar-refractivity contribution in [2.24, 2.45) is 5.73 Å². The third-order valence-electron chi connectivity index (χ3n) is 3.53. The Morgan fingerprint density at radius 1 is 1.26 bits per heavy atom. The molecule has 100 valence electrons. The number of morpholine rings is 1. The summed E-state index contributed by atoms with van der Waals surface area (Å²) in [5.74, 6) is 0. The minimum absolute atomic E-state index is 0.161. The van der Waals surface area contributed by atoms with Gasteiger partial charge in [0, 0.05) is 31.6 Å². The first kappa shape index (κ1) is 12.5. The minimum atomic E-state index is 0.161. The van der Waals surface area contributed by atoms with Crippen molar-refractivity contribution < 1.29 is 4.74 Å². The molecule has 4 nitrogen and oxygen atoms in total. The first-order valence-corrected chi connectivity index (χ1v) is 6.74. The van der Waals surface area contributed by atoms with Crippen molar-refractivity contribution in [1.82, 2.24) is 9.88 Å². The minimum Gasteiger partial charge on any atom is -0.374 e. The molecule has 19 heavy (non-hydrogen) atoms. The van der Waals surface area contributed by atoms with Crippen LogP contribution in [-0.2, 0) is 11.3 Å². The number of ether oxygens (including phenoxy) is 1. The van der Waals surface area contributed by atoms with Gasteiger partial charge in [0.2, 0.25) is 0 Å². The summed E-state index contributed by atoms with van der Waals surface area (Å²) in [6.45, 7) is 4.05. The highest BCUT2D eigenvalue weighted by Crippen LogP contribution is 2.14. The van der Waals surface area contributed by atoms with E-state index in [2.05, 4.69) is 29.2 Å². The van der Waals surface area contributed by atoms with E-state index in [1.165, 1.54) is 5.39 Å². The van der Waals surface area contributed by atoms with Crippen LogP contribution in [0.3, 0.4) is 0 Å². The van der Waals surface area contributed by atoms with E-state index in [0.29, 0.717) is 6.54 Å². The number of nitrogens with two attached hydrogens (primary N) is 1. The number of rotatable bonds is 3. The van der Waals surface area contributed by atoms with Crippen LogP contribution in [0.5, 0.6) is 0 Å². The molecular formula is C15H19N3O. The summed E-state index contributed by atoms with van der Waals surface area (Å²) >= 11 is 0. The Kier molecular flexibility index (Phi) is 3.73. The Labute approximate surface area is 113 Å². The zero-order valence-electron chi connectivity index (χ0n) is 11.0. The van der Waals surface area contributed by atoms with Crippen LogP contribution < -0.4 is 5.73 Å². The molecule has 4 heteroatoms. The molecule has 2 heterocycles. The molecule has 2 aromatic rings. The first-order chi connectivity index (χ1) is 9.35. The van der Waals surface area contributed by atoms with Crippen molar-refractivity contribution in [2.75, 3.05) is 26.2 Å². The molecule has 1 aliphatic heterocycles. The maximum Gasteiger partial charge on any atom is 0.0824 e. The van der Waals surface area contributed by atoms with Gasteiger partial charge in [0.1, 0.15) is 0 Å². The van der Waals surface area contributed by atoms with E-state index < -0.39 is 0 Å². The topological polar surface area (TPSA) is 51.4 Å². The molecule has 1 aromatic heterocycles. The van der Waals surface area contributed by atoms with Crippen molar-refractivity contribution >= 4 is 10.9 Å². The summed E-state index contributed by atoms with van der Waals surface area (Å²) in [7, 11) is 0. The van der Waals surface area contributed by atoms with E-state index in [1.54, 1.807) is 0 Å². The van der Waals surface area contributed by atoms with Crippen LogP contribution in [0.1, 0.15) is 5.69 Å². The molecule has 0 amide bonds. The highest BCUT2D eigenvalue weighted by molar-refractivity contribution is 5.78. The predicted molar refractivity (Wildman–Crippen MR) is 75.8 cm³/mol. The van der Waals surface area contributed by atoms with E-state index >= 15 is 0 Å². The summed E-state index contributed by atoms with van der Waals surface area (Å²) in [6.07, 6.45) is 0.161. The van der Waals surface area contributed by atoms with Crippen molar-refractivity contribution in [3.05, 3.63) is 42.1 Å². The molecule has 1 aromatic carbocycles. The Morgan fingerprint density at radius 3 is 3.05 bits per heavy atom. The SMILES string of the molecule is NCC1CN(Cc2ccc3ccccc3n2)CCO1. The molecule has 2 N–H and O–H groups in total. The van der Waals surface area contributed by atoms with E-state index in [4.69, 9.17) is 15.5 Å². The second-order valence-corrected chi connectivity index (χ2v) is 4.96. The standard InChI is InChI=1S/C15H19N3O/c16-9-14-11-18(7-8-19-14)10-13-6-5-12-3-1-2-4-15(12)17-13/h1-6,14H,7-11,16H2. The molecule has 1 unspecified atom stereocenters. The molecule has 0 spiro atoms. The lowest BCUT2D eigenvalue weighted by atomic mass is 10.2. The van der Waals surface area contributed by atoms with Gasteiger partial charge in [-0.3, -0.25) is 9.88 Å². The average Bonchev–Trinajstić information content (AvgIpc) is 2.47. The molecule has 1 saturated heterocycles. The third-order valence-corrected chi connectivity index (χ3v) is 3.53. The van der Waals surface area contributed by atoms with Crippen molar-refractivity contribution in [3.8, 4) is 0 Å². The lowest BCUT2D eigenvalue weighted by molar-refractivity contribution is -0.0263. The van der Waals surface area contributed by atoms with E-state index in [0.717, 1.165) is 37.5 Å². The van der Waals surface area contributed by atoms with Gasteiger partial charge in [0.05, 0.1) is 23.9 Å². The first-order valence-electron chi connectivity index (χ1n) is 6.74. The quantitative estimate of drug-likeness (QED) is 0.903. The number of hydrogen-bond acceptors (Lipinski definition) is 4. The summed E-state index contributed by atoms with van der Waals surface area (Å²) in [5.41, 5.74) is 7.83. The molecular weight excluding hydrogens is 238 g/mol. The Balaban J connectivity index is 1.74. The number of nitrogens with zero attached hydrogens (tertiary/aromatic N) is 2. The molecule has 0 radical (unpaired) electrons. The fourth-order valence-electron chi connectivity index (χ4n) is 2.49. The number of pyridine rings is 1. The normalized spacial score (nSPS) is 20.8. The van der Waals surface area contributed by atoms with Crippen molar-refractivity contribution in [2.45, 2.75) is 12.6 Å². The van der Waals surface area contributed by atoms with Gasteiger partial charge in [-0.05, 0) is 12.1 Å². The van der Waals surface area contributed by atoms with Gasteiger partial charge >= 0.3 is 0 Å². The second-order valence-electron chi connectivity index (χ2n) is 4.96. The summed E-state index contributed by atoms with van der Waals surface area (Å²) < 4.78 is 5.58. The van der Waals surface area contributed by atoms with Crippen LogP contribution in [0.2, 0.25) is 0 Å². The fraction of sp³-hybridized carbons (Fsp3) is 0.400. The van der Waals surface area contributed by atoms with Gasteiger partial charge in [-0.25, -0.2) is 0 Å². The molecule has 0 saturated carbocycles. The second kappa shape index (κ2) is 5.65. The number of fused-ring (bicyclic) bond motifs is 1. The zero-order chi connectivity index (χ0) is 13.1. The van der Waals surface area contributed by atoms with E-state index in [1.807, 2.05) is 12.1 Å². The van der Waals surface area contributed by atoms with Crippen molar-refractivity contribution in [3.63, 3.8) is 0 Å². The van der Waals surface area contributed by atoms with Crippen LogP contribution in [0.15, 0.2) is 36.4 Å². The Hall–Kier alpha value is -1.49. The molecule has 1 atom stereocenters. The van der Waals surface area contributed by atoms with Gasteiger partial charge in [0.25, 0.3) is 0 Å².